The van der Waals surface area contributed by atoms with E-state index in [1.807, 2.05) is 30.3 Å². The topological polar surface area (TPSA) is 43.4 Å². The van der Waals surface area contributed by atoms with Crippen molar-refractivity contribution in [3.63, 3.8) is 0 Å². The molecule has 0 heterocycles. The van der Waals surface area contributed by atoms with Gasteiger partial charge in [-0.25, -0.2) is 0 Å². The first-order chi connectivity index (χ1) is 8.27. The number of hydrogen-bond acceptors (Lipinski definition) is 3. The highest BCUT2D eigenvalue weighted by molar-refractivity contribution is 7.23. The van der Waals surface area contributed by atoms with Gasteiger partial charge in [-0.05, 0) is 25.3 Å². The van der Waals surface area contributed by atoms with Crippen LogP contribution >= 0.6 is 8.46 Å². The highest BCUT2D eigenvalue weighted by Crippen LogP contribution is 2.15. The third kappa shape index (κ3) is 5.10. The molecule has 1 rings (SSSR count). The SMILES string of the molecule is CCOC(=O)C(CCc1ccccc1)C[PH+]=O. The average Bonchev–Trinajstić information content (AvgIpc) is 2.36. The maximum absolute atomic E-state index is 11.6. The minimum absolute atomic E-state index is 0.230. The first-order valence-corrected chi connectivity index (χ1v) is 6.95. The van der Waals surface area contributed by atoms with E-state index in [-0.39, 0.29) is 11.9 Å². The molecule has 0 saturated heterocycles. The van der Waals surface area contributed by atoms with Crippen molar-refractivity contribution < 1.29 is 14.1 Å². The molecule has 4 heteroatoms. The minimum Gasteiger partial charge on any atom is -0.466 e. The second kappa shape index (κ2) is 7.97. The van der Waals surface area contributed by atoms with Gasteiger partial charge in [-0.1, -0.05) is 34.9 Å². The quantitative estimate of drug-likeness (QED) is 0.554. The van der Waals surface area contributed by atoms with E-state index >= 15 is 0 Å². The van der Waals surface area contributed by atoms with Crippen LogP contribution in [0.25, 0.3) is 0 Å². The molecule has 0 aliphatic rings. The molecule has 17 heavy (non-hydrogen) atoms. The van der Waals surface area contributed by atoms with Crippen molar-refractivity contribution in [3.8, 4) is 0 Å². The smallest absolute Gasteiger partial charge is 0.325 e. The lowest BCUT2D eigenvalue weighted by Crippen LogP contribution is -2.20. The van der Waals surface area contributed by atoms with Crippen LogP contribution in [0.1, 0.15) is 18.9 Å². The lowest BCUT2D eigenvalue weighted by atomic mass is 10.0. The summed E-state index contributed by atoms with van der Waals surface area (Å²) in [4.78, 5) is 11.6. The van der Waals surface area contributed by atoms with Crippen LogP contribution in [0.2, 0.25) is 0 Å². The zero-order valence-corrected chi connectivity index (χ0v) is 11.0. The molecule has 0 fully saturated rings. The molecule has 0 amide bonds. The van der Waals surface area contributed by atoms with Crippen molar-refractivity contribution in [1.29, 1.82) is 0 Å². The molecule has 3 nitrogen and oxygen atoms in total. The Balaban J connectivity index is 2.49. The summed E-state index contributed by atoms with van der Waals surface area (Å²) < 4.78 is 15.7. The monoisotopic (exact) mass is 253 g/mol. The van der Waals surface area contributed by atoms with E-state index in [0.29, 0.717) is 19.2 Å². The predicted octanol–water partition coefficient (Wildman–Crippen LogP) is 2.82. The number of hydrogen-bond donors (Lipinski definition) is 0. The fourth-order valence-electron chi connectivity index (χ4n) is 1.65. The van der Waals surface area contributed by atoms with Gasteiger partial charge in [0.15, 0.2) is 6.16 Å². The molecule has 0 N–H and O–H groups in total. The Morgan fingerprint density at radius 1 is 1.35 bits per heavy atom. The summed E-state index contributed by atoms with van der Waals surface area (Å²) in [7, 11) is -0.448. The van der Waals surface area contributed by atoms with Crippen molar-refractivity contribution in [2.24, 2.45) is 5.92 Å². The molecule has 1 aromatic carbocycles. The van der Waals surface area contributed by atoms with E-state index in [4.69, 9.17) is 4.74 Å². The van der Waals surface area contributed by atoms with Crippen LogP contribution in [0, 0.1) is 5.92 Å². The summed E-state index contributed by atoms with van der Waals surface area (Å²) in [6, 6.07) is 9.98. The highest BCUT2D eigenvalue weighted by atomic mass is 31.1. The summed E-state index contributed by atoms with van der Waals surface area (Å²) in [6.07, 6.45) is 1.90. The number of esters is 1. The van der Waals surface area contributed by atoms with Crippen LogP contribution in [0.15, 0.2) is 30.3 Å². The second-order valence-corrected chi connectivity index (χ2v) is 4.52. The van der Waals surface area contributed by atoms with Gasteiger partial charge < -0.3 is 4.74 Å². The van der Waals surface area contributed by atoms with Gasteiger partial charge in [0.2, 0.25) is 0 Å². The van der Waals surface area contributed by atoms with E-state index in [2.05, 4.69) is 0 Å². The van der Waals surface area contributed by atoms with E-state index in [1.165, 1.54) is 5.56 Å². The highest BCUT2D eigenvalue weighted by Gasteiger charge is 2.22. The fraction of sp³-hybridized carbons (Fsp3) is 0.462. The Kier molecular flexibility index (Phi) is 6.49. The number of carbonyl (C=O) groups is 1. The van der Waals surface area contributed by atoms with E-state index in [9.17, 15) is 9.36 Å². The Labute approximate surface area is 103 Å². The third-order valence-electron chi connectivity index (χ3n) is 2.57. The summed E-state index contributed by atoms with van der Waals surface area (Å²) in [5.74, 6) is -0.474. The molecule has 2 atom stereocenters. The van der Waals surface area contributed by atoms with Crippen LogP contribution in [0.3, 0.4) is 0 Å². The first-order valence-electron chi connectivity index (χ1n) is 5.83. The molecule has 2 unspecified atom stereocenters. The van der Waals surface area contributed by atoms with Crippen LogP contribution in [0.5, 0.6) is 0 Å². The van der Waals surface area contributed by atoms with Crippen LogP contribution in [-0.2, 0) is 20.5 Å². The Morgan fingerprint density at radius 3 is 2.65 bits per heavy atom. The maximum Gasteiger partial charge on any atom is 0.325 e. The Morgan fingerprint density at radius 2 is 2.06 bits per heavy atom. The summed E-state index contributed by atoms with van der Waals surface area (Å²) >= 11 is 0. The van der Waals surface area contributed by atoms with E-state index in [1.54, 1.807) is 6.92 Å². The van der Waals surface area contributed by atoms with Crippen molar-refractivity contribution in [2.45, 2.75) is 19.8 Å². The Hall–Kier alpha value is -1.21. The molecule has 1 aromatic rings. The van der Waals surface area contributed by atoms with Gasteiger partial charge in [-0.2, -0.15) is 0 Å². The normalized spacial score (nSPS) is 12.3. The molecule has 0 radical (unpaired) electrons. The largest absolute Gasteiger partial charge is 0.466 e. The van der Waals surface area contributed by atoms with Crippen LogP contribution in [-0.4, -0.2) is 18.7 Å². The zero-order chi connectivity index (χ0) is 12.5. The molecule has 0 aromatic heterocycles. The Bertz CT molecular complexity index is 351. The van der Waals surface area contributed by atoms with Gasteiger partial charge in [0.25, 0.3) is 0 Å². The van der Waals surface area contributed by atoms with Crippen molar-refractivity contribution in [2.75, 3.05) is 12.8 Å². The van der Waals surface area contributed by atoms with Gasteiger partial charge in [0.1, 0.15) is 5.92 Å². The predicted molar refractivity (Wildman–Crippen MR) is 68.8 cm³/mol. The number of carbonyl (C=O) groups excluding carboxylic acids is 1. The van der Waals surface area contributed by atoms with Gasteiger partial charge in [-0.3, -0.25) is 4.79 Å². The standard InChI is InChI=1S/C13H17O3P/c1-2-16-13(14)12(10-17-15)9-8-11-6-4-3-5-7-11/h3-7,12H,2,8-10H2,1H3/p+1. The van der Waals surface area contributed by atoms with Crippen LogP contribution in [0.4, 0.5) is 0 Å². The number of benzene rings is 1. The van der Waals surface area contributed by atoms with Crippen LogP contribution < -0.4 is 0 Å². The zero-order valence-electron chi connectivity index (χ0n) is 10.0. The van der Waals surface area contributed by atoms with Gasteiger partial charge >= 0.3 is 14.4 Å². The molecule has 0 bridgehead atoms. The average molecular weight is 253 g/mol. The molecular weight excluding hydrogens is 235 g/mol. The number of ether oxygens (including phenoxy) is 1. The van der Waals surface area contributed by atoms with Gasteiger partial charge in [-0.15, -0.1) is 0 Å². The lowest BCUT2D eigenvalue weighted by molar-refractivity contribution is -0.147. The van der Waals surface area contributed by atoms with Gasteiger partial charge in [0, 0.05) is 0 Å². The molecule has 92 valence electrons. The molecule has 0 aliphatic carbocycles. The fourth-order valence-corrected chi connectivity index (χ4v) is 2.22. The third-order valence-corrected chi connectivity index (χ3v) is 3.23. The van der Waals surface area contributed by atoms with E-state index in [0.717, 1.165) is 6.42 Å². The summed E-state index contributed by atoms with van der Waals surface area (Å²) in [5.41, 5.74) is 1.19. The van der Waals surface area contributed by atoms with Crippen molar-refractivity contribution >= 4 is 14.4 Å². The van der Waals surface area contributed by atoms with Crippen molar-refractivity contribution in [3.05, 3.63) is 35.9 Å². The minimum atomic E-state index is -0.448. The summed E-state index contributed by atoms with van der Waals surface area (Å²) in [5, 5.41) is 0. The van der Waals surface area contributed by atoms with Gasteiger partial charge in [0.05, 0.1) is 6.61 Å². The van der Waals surface area contributed by atoms with E-state index < -0.39 is 8.46 Å². The number of rotatable bonds is 7. The maximum atomic E-state index is 11.6. The lowest BCUT2D eigenvalue weighted by Gasteiger charge is -2.10. The first kappa shape index (κ1) is 13.9. The summed E-state index contributed by atoms with van der Waals surface area (Å²) in [6.45, 7) is 2.16. The molecule has 0 saturated carbocycles. The molecule has 0 spiro atoms. The molecule has 0 aliphatic heterocycles. The molecular formula is C13H18O3P+. The number of aryl methyl sites for hydroxylation is 1. The second-order valence-electron chi connectivity index (χ2n) is 3.82. The van der Waals surface area contributed by atoms with Crippen molar-refractivity contribution in [1.82, 2.24) is 0 Å².